The van der Waals surface area contributed by atoms with Crippen molar-refractivity contribution in [2.75, 3.05) is 5.43 Å². The zero-order valence-corrected chi connectivity index (χ0v) is 12.1. The van der Waals surface area contributed by atoms with E-state index in [1.54, 1.807) is 36.1 Å². The highest BCUT2D eigenvalue weighted by Gasteiger charge is 2.13. The molecule has 3 N–H and O–H groups in total. The summed E-state index contributed by atoms with van der Waals surface area (Å²) in [5, 5.41) is 2.70. The maximum Gasteiger partial charge on any atom is 0.289 e. The fourth-order valence-corrected chi connectivity index (χ4v) is 2.45. The molecular formula is C12H9ClN6OS. The van der Waals surface area contributed by atoms with Crippen molar-refractivity contribution in [1.29, 1.82) is 0 Å². The second kappa shape index (κ2) is 5.90. The Kier molecular flexibility index (Phi) is 3.80. The molecule has 3 rings (SSSR count). The van der Waals surface area contributed by atoms with Crippen LogP contribution >= 0.6 is 22.9 Å². The second-order valence-corrected chi connectivity index (χ2v) is 5.15. The fourth-order valence-electron chi connectivity index (χ4n) is 1.53. The molecule has 0 spiro atoms. The summed E-state index contributed by atoms with van der Waals surface area (Å²) >= 11 is 7.25. The predicted molar refractivity (Wildman–Crippen MR) is 80.0 cm³/mol. The molecule has 9 heteroatoms. The third kappa shape index (κ3) is 3.01. The number of thiazole rings is 1. The molecule has 0 atom stereocenters. The van der Waals surface area contributed by atoms with Crippen LogP contribution in [0.1, 0.15) is 10.5 Å². The Morgan fingerprint density at radius 1 is 1.33 bits per heavy atom. The van der Waals surface area contributed by atoms with E-state index in [2.05, 4.69) is 30.8 Å². The lowest BCUT2D eigenvalue weighted by atomic mass is 10.4. The van der Waals surface area contributed by atoms with Crippen molar-refractivity contribution >= 4 is 34.7 Å². The average Bonchev–Trinajstić information content (AvgIpc) is 3.16. The summed E-state index contributed by atoms with van der Waals surface area (Å²) in [5.74, 6) is 0.611. The molecule has 106 valence electrons. The van der Waals surface area contributed by atoms with Crippen LogP contribution in [0.2, 0.25) is 5.02 Å². The van der Waals surface area contributed by atoms with Gasteiger partial charge < -0.3 is 4.98 Å². The van der Waals surface area contributed by atoms with E-state index in [0.717, 1.165) is 0 Å². The summed E-state index contributed by atoms with van der Waals surface area (Å²) < 4.78 is 0. The topological polar surface area (TPSA) is 95.6 Å². The number of rotatable bonds is 4. The minimum atomic E-state index is -0.384. The lowest BCUT2D eigenvalue weighted by molar-refractivity contribution is 0.0958. The minimum Gasteiger partial charge on any atom is -0.343 e. The van der Waals surface area contributed by atoms with E-state index in [0.29, 0.717) is 21.7 Å². The van der Waals surface area contributed by atoms with Crippen molar-refractivity contribution in [3.05, 3.63) is 46.8 Å². The maximum atomic E-state index is 12.0. The van der Waals surface area contributed by atoms with Gasteiger partial charge in [0.1, 0.15) is 5.69 Å². The molecule has 3 heterocycles. The Morgan fingerprint density at radius 3 is 3.00 bits per heavy atom. The molecule has 7 nitrogen and oxygen atoms in total. The molecular weight excluding hydrogens is 312 g/mol. The van der Waals surface area contributed by atoms with Gasteiger partial charge in [0.05, 0.1) is 5.02 Å². The van der Waals surface area contributed by atoms with Crippen LogP contribution in [0.25, 0.3) is 10.8 Å². The van der Waals surface area contributed by atoms with E-state index in [4.69, 9.17) is 11.6 Å². The molecule has 3 aromatic rings. The number of nitrogens with zero attached hydrogens (tertiary/aromatic N) is 3. The molecule has 0 aliphatic rings. The van der Waals surface area contributed by atoms with E-state index in [-0.39, 0.29) is 11.6 Å². The number of amides is 1. The molecule has 0 saturated carbocycles. The van der Waals surface area contributed by atoms with Crippen molar-refractivity contribution in [2.45, 2.75) is 0 Å². The van der Waals surface area contributed by atoms with Crippen molar-refractivity contribution in [3.63, 3.8) is 0 Å². The molecule has 0 aliphatic heterocycles. The van der Waals surface area contributed by atoms with Gasteiger partial charge in [-0.15, -0.1) is 11.3 Å². The van der Waals surface area contributed by atoms with Crippen LogP contribution < -0.4 is 10.9 Å². The summed E-state index contributed by atoms with van der Waals surface area (Å²) in [7, 11) is 0. The number of carbonyl (C=O) groups is 1. The smallest absolute Gasteiger partial charge is 0.289 e. The first-order valence-corrected chi connectivity index (χ1v) is 7.12. The van der Waals surface area contributed by atoms with Crippen LogP contribution in [0.4, 0.5) is 5.82 Å². The third-order valence-electron chi connectivity index (χ3n) is 2.49. The predicted octanol–water partition coefficient (Wildman–Crippen LogP) is 2.34. The number of anilines is 1. The Balaban J connectivity index is 1.68. The van der Waals surface area contributed by atoms with Crippen molar-refractivity contribution in [3.8, 4) is 10.8 Å². The van der Waals surface area contributed by atoms with Crippen molar-refractivity contribution in [2.24, 2.45) is 0 Å². The van der Waals surface area contributed by atoms with Crippen LogP contribution in [0.3, 0.4) is 0 Å². The lowest BCUT2D eigenvalue weighted by Gasteiger charge is -2.07. The zero-order valence-electron chi connectivity index (χ0n) is 10.5. The van der Waals surface area contributed by atoms with Crippen LogP contribution in [-0.2, 0) is 0 Å². The van der Waals surface area contributed by atoms with Gasteiger partial charge in [-0.25, -0.2) is 15.0 Å². The zero-order chi connectivity index (χ0) is 14.7. The van der Waals surface area contributed by atoms with Gasteiger partial charge in [-0.05, 0) is 12.1 Å². The number of pyridine rings is 1. The number of aromatic nitrogens is 4. The molecule has 0 unspecified atom stereocenters. The number of nitrogens with one attached hydrogen (secondary N) is 3. The molecule has 0 bridgehead atoms. The van der Waals surface area contributed by atoms with E-state index in [1.807, 2.05) is 0 Å². The first-order valence-electron chi connectivity index (χ1n) is 5.86. The van der Waals surface area contributed by atoms with Gasteiger partial charge in [-0.2, -0.15) is 0 Å². The average molecular weight is 321 g/mol. The summed E-state index contributed by atoms with van der Waals surface area (Å²) in [6.45, 7) is 0. The van der Waals surface area contributed by atoms with E-state index >= 15 is 0 Å². The third-order valence-corrected chi connectivity index (χ3v) is 3.64. The quantitative estimate of drug-likeness (QED) is 0.641. The first kappa shape index (κ1) is 13.5. The highest BCUT2D eigenvalue weighted by atomic mass is 35.5. The number of imidazole rings is 1. The minimum absolute atomic E-state index is 0.283. The second-order valence-electron chi connectivity index (χ2n) is 3.89. The molecule has 0 saturated heterocycles. The van der Waals surface area contributed by atoms with Crippen molar-refractivity contribution in [1.82, 2.24) is 25.4 Å². The number of hydrazine groups is 1. The van der Waals surface area contributed by atoms with Gasteiger partial charge in [0, 0.05) is 24.0 Å². The molecule has 0 radical (unpaired) electrons. The maximum absolute atomic E-state index is 12.0. The van der Waals surface area contributed by atoms with Crippen LogP contribution in [0.5, 0.6) is 0 Å². The number of H-pyrrole nitrogens is 1. The Bertz CT molecular complexity index is 757. The van der Waals surface area contributed by atoms with E-state index < -0.39 is 0 Å². The Labute approximate surface area is 128 Å². The van der Waals surface area contributed by atoms with Gasteiger partial charge in [0.15, 0.2) is 16.6 Å². The van der Waals surface area contributed by atoms with E-state index in [9.17, 15) is 4.79 Å². The Hall–Kier alpha value is -2.45. The summed E-state index contributed by atoms with van der Waals surface area (Å²) in [5.41, 5.74) is 5.43. The molecule has 0 aromatic carbocycles. The number of hydrogen-bond acceptors (Lipinski definition) is 6. The molecule has 0 aliphatic carbocycles. The van der Waals surface area contributed by atoms with Gasteiger partial charge >= 0.3 is 0 Å². The molecule has 21 heavy (non-hydrogen) atoms. The standard InChI is InChI=1S/C12H9ClN6OS/c13-7-2-1-3-14-9(7)18-19-11(20)8-6-21-12(17-8)10-15-4-5-16-10/h1-6H,(H,14,18)(H,15,16)(H,19,20). The first-order chi connectivity index (χ1) is 10.2. The molecule has 1 amide bonds. The number of hydrogen-bond donors (Lipinski definition) is 3. The van der Waals surface area contributed by atoms with Gasteiger partial charge in [0.25, 0.3) is 5.91 Å². The molecule has 0 fully saturated rings. The number of aromatic amines is 1. The Morgan fingerprint density at radius 2 is 2.24 bits per heavy atom. The van der Waals surface area contributed by atoms with Gasteiger partial charge in [-0.1, -0.05) is 11.6 Å². The number of carbonyl (C=O) groups excluding carboxylic acids is 1. The van der Waals surface area contributed by atoms with Gasteiger partial charge in [-0.3, -0.25) is 15.6 Å². The van der Waals surface area contributed by atoms with Crippen LogP contribution in [0, 0.1) is 0 Å². The van der Waals surface area contributed by atoms with Crippen LogP contribution in [0.15, 0.2) is 36.1 Å². The van der Waals surface area contributed by atoms with Crippen LogP contribution in [-0.4, -0.2) is 25.8 Å². The number of halogens is 1. The lowest BCUT2D eigenvalue weighted by Crippen LogP contribution is -2.30. The fraction of sp³-hybridized carbons (Fsp3) is 0. The highest BCUT2D eigenvalue weighted by Crippen LogP contribution is 2.20. The van der Waals surface area contributed by atoms with Gasteiger partial charge in [0.2, 0.25) is 0 Å². The normalized spacial score (nSPS) is 10.3. The summed E-state index contributed by atoms with van der Waals surface area (Å²) in [6.07, 6.45) is 4.89. The summed E-state index contributed by atoms with van der Waals surface area (Å²) in [4.78, 5) is 27.2. The SMILES string of the molecule is O=C(NNc1ncccc1Cl)c1csc(-c2ncc[nH]2)n1. The highest BCUT2D eigenvalue weighted by molar-refractivity contribution is 7.13. The molecule has 3 aromatic heterocycles. The monoisotopic (exact) mass is 320 g/mol. The summed E-state index contributed by atoms with van der Waals surface area (Å²) in [6, 6.07) is 3.37. The van der Waals surface area contributed by atoms with E-state index in [1.165, 1.54) is 11.3 Å². The van der Waals surface area contributed by atoms with Crippen molar-refractivity contribution < 1.29 is 4.79 Å². The largest absolute Gasteiger partial charge is 0.343 e.